The smallest absolute Gasteiger partial charge is 0.333 e. The molecule has 0 unspecified atom stereocenters. The predicted molar refractivity (Wildman–Crippen MR) is 227 cm³/mol. The Balaban J connectivity index is 1.20. The summed E-state index contributed by atoms with van der Waals surface area (Å²) in [5, 5.41) is 0. The van der Waals surface area contributed by atoms with Crippen LogP contribution in [0.3, 0.4) is 0 Å². The zero-order chi connectivity index (χ0) is 37.4. The summed E-state index contributed by atoms with van der Waals surface area (Å²) in [4.78, 5) is 8.91. The van der Waals surface area contributed by atoms with Crippen molar-refractivity contribution >= 4 is 103 Å². The van der Waals surface area contributed by atoms with Crippen LogP contribution in [0.15, 0.2) is 152 Å². The molecule has 0 saturated carbocycles. The molecule has 0 aliphatic carbocycles. The van der Waals surface area contributed by atoms with E-state index in [0.29, 0.717) is 11.4 Å². The Hall–Kier alpha value is -7.12. The van der Waals surface area contributed by atoms with E-state index >= 15 is 13.2 Å². The molecule has 6 heterocycles. The standard InChI is InChI=1S/C48H25B2F3N4/c51-26-20-34-32-16-18-36-45-47(32)57-48-33(35-21-27(52)23-39-43(35)50(57)42(34)38(22-26)56(39)31-14-8-3-9-15-31)17-19-37-46(48)49(45)44-40(54(36)29-10-4-1-5-11-29)24-28(53)25-41(44)55(37)30-12-6-2-7-13-30/h1-25H. The van der Waals surface area contributed by atoms with Crippen LogP contribution in [0.4, 0.5) is 75.7 Å². The Morgan fingerprint density at radius 3 is 1.12 bits per heavy atom. The first-order valence-corrected chi connectivity index (χ1v) is 19.2. The van der Waals surface area contributed by atoms with Gasteiger partial charge in [-0.3, -0.25) is 0 Å². The highest BCUT2D eigenvalue weighted by Gasteiger charge is 2.57. The first-order chi connectivity index (χ1) is 28.0. The van der Waals surface area contributed by atoms with Crippen LogP contribution in [0.25, 0.3) is 22.3 Å². The SMILES string of the molecule is Fc1cc2c3c(c1)N(c1ccccc1)c1cc(F)cc4c1B3N1c3c-2ccc2c3B3c5c(cc(F)cc5N(c5ccccc5)c5ccc-4c1c53)N2c1ccccc1. The number of anilines is 11. The molecule has 0 spiro atoms. The number of rotatable bonds is 3. The molecule has 8 aromatic carbocycles. The second-order valence-corrected chi connectivity index (χ2v) is 15.6. The lowest BCUT2D eigenvalue weighted by molar-refractivity contribution is 0.627. The van der Waals surface area contributed by atoms with Crippen LogP contribution in [-0.4, -0.2) is 13.6 Å². The van der Waals surface area contributed by atoms with Crippen LogP contribution < -0.4 is 46.8 Å². The van der Waals surface area contributed by atoms with Gasteiger partial charge in [0.2, 0.25) is 0 Å². The second kappa shape index (κ2) is 10.2. The number of fused-ring (bicyclic) bond motifs is 2. The van der Waals surface area contributed by atoms with Gasteiger partial charge in [-0.2, -0.15) is 0 Å². The van der Waals surface area contributed by atoms with E-state index in [1.807, 2.05) is 71.6 Å². The molecule has 264 valence electrons. The van der Waals surface area contributed by atoms with Crippen molar-refractivity contribution in [3.63, 3.8) is 0 Å². The summed E-state index contributed by atoms with van der Waals surface area (Å²) in [7, 11) is 0. The largest absolute Gasteiger partial charge is 0.377 e. The van der Waals surface area contributed by atoms with Crippen LogP contribution >= 0.6 is 0 Å². The molecule has 14 rings (SSSR count). The van der Waals surface area contributed by atoms with Crippen molar-refractivity contribution in [1.82, 2.24) is 0 Å². The van der Waals surface area contributed by atoms with Gasteiger partial charge in [0, 0.05) is 73.7 Å². The fourth-order valence-electron chi connectivity index (χ4n) is 11.1. The summed E-state index contributed by atoms with van der Waals surface area (Å²) in [5.74, 6) is -1.04. The summed E-state index contributed by atoms with van der Waals surface area (Å²) >= 11 is 0. The van der Waals surface area contributed by atoms with Gasteiger partial charge in [0.15, 0.2) is 0 Å². The second-order valence-electron chi connectivity index (χ2n) is 15.6. The zero-order valence-corrected chi connectivity index (χ0v) is 30.0. The normalized spacial score (nSPS) is 14.7. The number of hydrogen-bond acceptors (Lipinski definition) is 4. The first-order valence-electron chi connectivity index (χ1n) is 19.2. The molecule has 57 heavy (non-hydrogen) atoms. The zero-order valence-electron chi connectivity index (χ0n) is 30.0. The molecule has 0 aromatic heterocycles. The average molecular weight is 736 g/mol. The predicted octanol–water partition coefficient (Wildman–Crippen LogP) is 9.19. The molecule has 4 nitrogen and oxygen atoms in total. The summed E-state index contributed by atoms with van der Waals surface area (Å²) < 4.78 is 48.9. The van der Waals surface area contributed by atoms with Gasteiger partial charge < -0.3 is 19.5 Å². The first kappa shape index (κ1) is 30.1. The van der Waals surface area contributed by atoms with Crippen LogP contribution in [0.1, 0.15) is 0 Å². The minimum atomic E-state index is -0.369. The van der Waals surface area contributed by atoms with Gasteiger partial charge in [0.1, 0.15) is 17.5 Å². The third kappa shape index (κ3) is 3.51. The minimum Gasteiger partial charge on any atom is -0.377 e. The van der Waals surface area contributed by atoms with Crippen molar-refractivity contribution in [2.45, 2.75) is 0 Å². The Morgan fingerprint density at radius 2 is 0.702 bits per heavy atom. The summed E-state index contributed by atoms with van der Waals surface area (Å²) in [6.07, 6.45) is 0. The van der Waals surface area contributed by atoms with Crippen LogP contribution in [0.2, 0.25) is 0 Å². The van der Waals surface area contributed by atoms with E-state index < -0.39 is 0 Å². The molecule has 6 aliphatic heterocycles. The topological polar surface area (TPSA) is 13.0 Å². The van der Waals surface area contributed by atoms with E-state index in [2.05, 4.69) is 63.1 Å². The van der Waals surface area contributed by atoms with Crippen molar-refractivity contribution in [3.05, 3.63) is 169 Å². The maximum Gasteiger partial charge on any atom is 0.333 e. The van der Waals surface area contributed by atoms with Gasteiger partial charge in [0.25, 0.3) is 6.71 Å². The van der Waals surface area contributed by atoms with Crippen LogP contribution in [0.5, 0.6) is 0 Å². The lowest BCUT2D eigenvalue weighted by Crippen LogP contribution is -2.72. The van der Waals surface area contributed by atoms with Gasteiger partial charge in [-0.25, -0.2) is 13.2 Å². The summed E-state index contributed by atoms with van der Waals surface area (Å²) in [5.41, 5.74) is 18.3. The molecule has 0 amide bonds. The van der Waals surface area contributed by atoms with Crippen molar-refractivity contribution in [1.29, 1.82) is 0 Å². The third-order valence-electron chi connectivity index (χ3n) is 13.0. The molecule has 0 atom stereocenters. The summed E-state index contributed by atoms with van der Waals surface area (Å²) in [6, 6.07) is 48.6. The van der Waals surface area contributed by atoms with E-state index in [-0.39, 0.29) is 31.0 Å². The summed E-state index contributed by atoms with van der Waals surface area (Å²) in [6.45, 7) is -0.651. The van der Waals surface area contributed by atoms with Gasteiger partial charge >= 0.3 is 6.85 Å². The Bertz CT molecular complexity index is 2970. The fourth-order valence-corrected chi connectivity index (χ4v) is 11.1. The number of hydrogen-bond donors (Lipinski definition) is 0. The van der Waals surface area contributed by atoms with E-state index in [1.165, 1.54) is 0 Å². The van der Waals surface area contributed by atoms with Crippen molar-refractivity contribution in [2.75, 3.05) is 19.5 Å². The molecule has 9 heteroatoms. The van der Waals surface area contributed by atoms with E-state index in [0.717, 1.165) is 101 Å². The Labute approximate surface area is 326 Å². The molecule has 6 aliphatic rings. The van der Waals surface area contributed by atoms with Crippen molar-refractivity contribution < 1.29 is 13.2 Å². The molecule has 0 N–H and O–H groups in total. The maximum atomic E-state index is 16.3. The molecule has 0 fully saturated rings. The van der Waals surface area contributed by atoms with Gasteiger partial charge in [-0.1, -0.05) is 66.7 Å². The lowest BCUT2D eigenvalue weighted by atomic mass is 9.29. The molecule has 0 bridgehead atoms. The molecular formula is C48H25B2F3N4. The van der Waals surface area contributed by atoms with E-state index in [1.54, 1.807) is 36.4 Å². The monoisotopic (exact) mass is 736 g/mol. The lowest BCUT2D eigenvalue weighted by Gasteiger charge is -2.56. The van der Waals surface area contributed by atoms with Crippen LogP contribution in [-0.2, 0) is 0 Å². The fraction of sp³-hybridized carbons (Fsp3) is 0. The number of benzene rings is 8. The third-order valence-corrected chi connectivity index (χ3v) is 13.0. The highest BCUT2D eigenvalue weighted by molar-refractivity contribution is 7.05. The minimum absolute atomic E-state index is 0.282. The highest BCUT2D eigenvalue weighted by Crippen LogP contribution is 2.57. The van der Waals surface area contributed by atoms with E-state index in [4.69, 9.17) is 0 Å². The van der Waals surface area contributed by atoms with Gasteiger partial charge in [0.05, 0.1) is 0 Å². The van der Waals surface area contributed by atoms with Gasteiger partial charge in [-0.15, -0.1) is 0 Å². The van der Waals surface area contributed by atoms with Crippen molar-refractivity contribution in [3.8, 4) is 22.3 Å². The maximum absolute atomic E-state index is 16.3. The molecule has 0 saturated heterocycles. The Kier molecular flexibility index (Phi) is 5.39. The highest BCUT2D eigenvalue weighted by atomic mass is 19.1. The number of halogens is 3. The van der Waals surface area contributed by atoms with Crippen LogP contribution in [0, 0.1) is 17.5 Å². The number of para-hydroxylation sites is 3. The molecular weight excluding hydrogens is 711 g/mol. The van der Waals surface area contributed by atoms with E-state index in [9.17, 15) is 0 Å². The average Bonchev–Trinajstić information content (AvgIpc) is 3.23. The Morgan fingerprint density at radius 1 is 0.333 bits per heavy atom. The quantitative estimate of drug-likeness (QED) is 0.168. The number of nitrogens with zero attached hydrogens (tertiary/aromatic N) is 4. The van der Waals surface area contributed by atoms with Crippen molar-refractivity contribution in [2.24, 2.45) is 0 Å². The van der Waals surface area contributed by atoms with Gasteiger partial charge in [-0.05, 0) is 123 Å². The molecule has 0 radical (unpaired) electrons. The molecule has 8 aromatic rings.